The Morgan fingerprint density at radius 2 is 1.83 bits per heavy atom. The van der Waals surface area contributed by atoms with Crippen LogP contribution in [0.5, 0.6) is 5.75 Å². The first-order valence-electron chi connectivity index (χ1n) is 9.76. The van der Waals surface area contributed by atoms with Gasteiger partial charge in [0.1, 0.15) is 11.3 Å². The topological polar surface area (TPSA) is 41.6 Å². The average Bonchev–Trinajstić information content (AvgIpc) is 2.78. The van der Waals surface area contributed by atoms with Crippen LogP contribution in [-0.2, 0) is 12.1 Å². The molecule has 152 valence electrons. The Morgan fingerprint density at radius 1 is 1.10 bits per heavy atom. The van der Waals surface area contributed by atoms with E-state index in [9.17, 15) is 4.79 Å². The Labute approximate surface area is 181 Å². The van der Waals surface area contributed by atoms with Crippen LogP contribution in [0.4, 0.5) is 10.5 Å². The van der Waals surface area contributed by atoms with E-state index in [0.717, 1.165) is 28.1 Å². The minimum atomic E-state index is -0.731. The van der Waals surface area contributed by atoms with E-state index in [-0.39, 0.29) is 6.03 Å². The van der Waals surface area contributed by atoms with Gasteiger partial charge in [-0.3, -0.25) is 0 Å². The first-order valence-corrected chi connectivity index (χ1v) is 10.1. The van der Waals surface area contributed by atoms with Gasteiger partial charge in [-0.05, 0) is 47.9 Å². The standard InChI is InChI=1S/C25H23ClN2O2/c1-3-15-25(19-7-5-4-6-8-19)22-16-20(26)11-14-23(22)27-24(29)28(25)17-18-9-12-21(30-2)13-10-18/h3-14,16H,1,15,17H2,2H3,(H,27,29). The number of rotatable bonds is 6. The van der Waals surface area contributed by atoms with E-state index in [0.29, 0.717) is 18.0 Å². The molecule has 30 heavy (non-hydrogen) atoms. The third-order valence-corrected chi connectivity index (χ3v) is 5.80. The van der Waals surface area contributed by atoms with Gasteiger partial charge in [-0.25, -0.2) is 4.79 Å². The Kier molecular flexibility index (Phi) is 5.51. The molecule has 1 atom stereocenters. The van der Waals surface area contributed by atoms with Crippen molar-refractivity contribution in [1.82, 2.24) is 4.90 Å². The minimum Gasteiger partial charge on any atom is -0.497 e. The number of urea groups is 1. The van der Waals surface area contributed by atoms with E-state index in [1.807, 2.05) is 77.7 Å². The maximum absolute atomic E-state index is 13.4. The zero-order chi connectivity index (χ0) is 21.1. The number of hydrogen-bond donors (Lipinski definition) is 1. The monoisotopic (exact) mass is 418 g/mol. The quantitative estimate of drug-likeness (QED) is 0.483. The van der Waals surface area contributed by atoms with Crippen LogP contribution in [0, 0.1) is 0 Å². The van der Waals surface area contributed by atoms with E-state index in [2.05, 4.69) is 11.9 Å². The molecule has 5 heteroatoms. The van der Waals surface area contributed by atoms with Gasteiger partial charge in [0.2, 0.25) is 0 Å². The highest BCUT2D eigenvalue weighted by molar-refractivity contribution is 6.30. The highest BCUT2D eigenvalue weighted by Crippen LogP contribution is 2.47. The lowest BCUT2D eigenvalue weighted by Gasteiger charge is -2.48. The number of anilines is 1. The average molecular weight is 419 g/mol. The number of halogens is 1. The smallest absolute Gasteiger partial charge is 0.323 e. The van der Waals surface area contributed by atoms with Crippen LogP contribution >= 0.6 is 11.6 Å². The minimum absolute atomic E-state index is 0.161. The van der Waals surface area contributed by atoms with Crippen LogP contribution in [0.2, 0.25) is 5.02 Å². The normalized spacial score (nSPS) is 17.8. The van der Waals surface area contributed by atoms with Gasteiger partial charge in [0, 0.05) is 22.8 Å². The van der Waals surface area contributed by atoms with Gasteiger partial charge in [0.05, 0.1) is 7.11 Å². The molecule has 0 saturated carbocycles. The molecule has 0 aliphatic carbocycles. The summed E-state index contributed by atoms with van der Waals surface area (Å²) in [6.07, 6.45) is 2.41. The molecule has 4 rings (SSSR count). The number of carbonyl (C=O) groups is 1. The van der Waals surface area contributed by atoms with E-state index in [1.54, 1.807) is 13.2 Å². The zero-order valence-corrected chi connectivity index (χ0v) is 17.5. The van der Waals surface area contributed by atoms with Gasteiger partial charge in [0.25, 0.3) is 0 Å². The number of hydrogen-bond acceptors (Lipinski definition) is 2. The molecule has 1 heterocycles. The highest BCUT2D eigenvalue weighted by atomic mass is 35.5. The fourth-order valence-electron chi connectivity index (χ4n) is 4.16. The molecular formula is C25H23ClN2O2. The van der Waals surface area contributed by atoms with Crippen molar-refractivity contribution in [2.75, 3.05) is 12.4 Å². The molecule has 0 spiro atoms. The lowest BCUT2D eigenvalue weighted by molar-refractivity contribution is 0.138. The second-order valence-electron chi connectivity index (χ2n) is 7.27. The van der Waals surface area contributed by atoms with Crippen molar-refractivity contribution < 1.29 is 9.53 Å². The van der Waals surface area contributed by atoms with Gasteiger partial charge < -0.3 is 15.0 Å². The fraction of sp³-hybridized carbons (Fsp3) is 0.160. The lowest BCUT2D eigenvalue weighted by atomic mass is 9.76. The van der Waals surface area contributed by atoms with Crippen molar-refractivity contribution in [3.8, 4) is 5.75 Å². The number of fused-ring (bicyclic) bond motifs is 1. The summed E-state index contributed by atoms with van der Waals surface area (Å²) < 4.78 is 5.27. The molecule has 0 saturated heterocycles. The Hall–Kier alpha value is -3.24. The van der Waals surface area contributed by atoms with Crippen molar-refractivity contribution in [3.63, 3.8) is 0 Å². The summed E-state index contributed by atoms with van der Waals surface area (Å²) in [5.41, 5.74) is 3.00. The van der Waals surface area contributed by atoms with E-state index >= 15 is 0 Å². The van der Waals surface area contributed by atoms with Crippen LogP contribution < -0.4 is 10.1 Å². The molecule has 0 radical (unpaired) electrons. The van der Waals surface area contributed by atoms with E-state index in [4.69, 9.17) is 16.3 Å². The summed E-state index contributed by atoms with van der Waals surface area (Å²) in [5, 5.41) is 3.66. The maximum atomic E-state index is 13.4. The predicted molar refractivity (Wildman–Crippen MR) is 121 cm³/mol. The van der Waals surface area contributed by atoms with Crippen LogP contribution in [-0.4, -0.2) is 18.0 Å². The third kappa shape index (κ3) is 3.44. The number of benzene rings is 3. The second kappa shape index (κ2) is 8.25. The van der Waals surface area contributed by atoms with Gasteiger partial charge >= 0.3 is 6.03 Å². The summed E-state index contributed by atoms with van der Waals surface area (Å²) in [7, 11) is 1.64. The van der Waals surface area contributed by atoms with Crippen LogP contribution in [0.15, 0.2) is 85.5 Å². The molecule has 1 unspecified atom stereocenters. The molecule has 2 amide bonds. The van der Waals surface area contributed by atoms with Crippen LogP contribution in [0.3, 0.4) is 0 Å². The summed E-state index contributed by atoms with van der Waals surface area (Å²) in [5.74, 6) is 0.777. The second-order valence-corrected chi connectivity index (χ2v) is 7.71. The van der Waals surface area contributed by atoms with Crippen LogP contribution in [0.25, 0.3) is 0 Å². The van der Waals surface area contributed by atoms with Crippen LogP contribution in [0.1, 0.15) is 23.1 Å². The molecule has 0 bridgehead atoms. The van der Waals surface area contributed by atoms with Crippen molar-refractivity contribution in [3.05, 3.63) is 107 Å². The first-order chi connectivity index (χ1) is 14.6. The SMILES string of the molecule is C=CCC1(c2ccccc2)c2cc(Cl)ccc2NC(=O)N1Cc1ccc(OC)cc1. The van der Waals surface area contributed by atoms with Gasteiger partial charge in [-0.2, -0.15) is 0 Å². The fourth-order valence-corrected chi connectivity index (χ4v) is 4.33. The Bertz CT molecular complexity index is 1070. The molecule has 4 nitrogen and oxygen atoms in total. The maximum Gasteiger partial charge on any atom is 0.323 e. The molecule has 3 aromatic rings. The van der Waals surface area contributed by atoms with Gasteiger partial charge in [-0.1, -0.05) is 60.1 Å². The summed E-state index contributed by atoms with van der Waals surface area (Å²) in [6.45, 7) is 4.42. The number of ether oxygens (including phenoxy) is 1. The van der Waals surface area contributed by atoms with E-state index in [1.165, 1.54) is 0 Å². The van der Waals surface area contributed by atoms with Crippen molar-refractivity contribution in [1.29, 1.82) is 0 Å². The molecule has 3 aromatic carbocycles. The lowest BCUT2D eigenvalue weighted by Crippen LogP contribution is -2.54. The summed E-state index contributed by atoms with van der Waals surface area (Å²) in [6, 6.07) is 23.2. The molecule has 1 aliphatic rings. The Balaban J connectivity index is 1.91. The third-order valence-electron chi connectivity index (χ3n) is 5.57. The molecule has 0 fully saturated rings. The summed E-state index contributed by atoms with van der Waals surface area (Å²) in [4.78, 5) is 15.2. The summed E-state index contributed by atoms with van der Waals surface area (Å²) >= 11 is 6.40. The molecular weight excluding hydrogens is 396 g/mol. The molecule has 1 N–H and O–H groups in total. The first kappa shape index (κ1) is 20.0. The van der Waals surface area contributed by atoms with Gasteiger partial charge in [0.15, 0.2) is 0 Å². The predicted octanol–water partition coefficient (Wildman–Crippen LogP) is 6.22. The highest BCUT2D eigenvalue weighted by Gasteiger charge is 2.46. The number of carbonyl (C=O) groups excluding carboxylic acids is 1. The number of nitrogens with one attached hydrogen (secondary N) is 1. The van der Waals surface area contributed by atoms with Crippen molar-refractivity contribution >= 4 is 23.3 Å². The Morgan fingerprint density at radius 3 is 2.50 bits per heavy atom. The van der Waals surface area contributed by atoms with Gasteiger partial charge in [-0.15, -0.1) is 6.58 Å². The molecule has 1 aliphatic heterocycles. The van der Waals surface area contributed by atoms with Crippen molar-refractivity contribution in [2.45, 2.75) is 18.5 Å². The largest absolute Gasteiger partial charge is 0.497 e. The number of amides is 2. The van der Waals surface area contributed by atoms with Crippen molar-refractivity contribution in [2.24, 2.45) is 0 Å². The number of methoxy groups -OCH3 is 1. The van der Waals surface area contributed by atoms with E-state index < -0.39 is 5.54 Å². The zero-order valence-electron chi connectivity index (χ0n) is 16.8. The number of nitrogens with zero attached hydrogens (tertiary/aromatic N) is 1. The molecule has 0 aromatic heterocycles.